The minimum Gasteiger partial charge on any atom is -0.373 e. The average Bonchev–Trinajstić information content (AvgIpc) is 2.67. The van der Waals surface area contributed by atoms with Crippen molar-refractivity contribution < 1.29 is 26.9 Å². The second kappa shape index (κ2) is 7.74. The van der Waals surface area contributed by atoms with Gasteiger partial charge in [-0.25, -0.2) is 8.42 Å². The Morgan fingerprint density at radius 3 is 2.55 bits per heavy atom. The minimum atomic E-state index is -4.95. The molecule has 11 heteroatoms. The number of aryl methyl sites for hydroxylation is 1. The van der Waals surface area contributed by atoms with Crippen molar-refractivity contribution >= 4 is 32.8 Å². The molecular formula is C18H17F2N3O5S. The summed E-state index contributed by atoms with van der Waals surface area (Å²) in [5, 5.41) is 17.0. The Bertz CT molecular complexity index is 1090. The SMILES string of the molecule is CC(Nc1ccc(S(=O)(=O)C(F)F)cc1[N+](=O)[O-])c1ccc2c(c1)CCC(=O)N2. The predicted octanol–water partition coefficient (Wildman–Crippen LogP) is 3.65. The molecule has 0 bridgehead atoms. The van der Waals surface area contributed by atoms with E-state index < -0.39 is 37.1 Å². The van der Waals surface area contributed by atoms with Crippen molar-refractivity contribution in [1.82, 2.24) is 0 Å². The molecule has 1 unspecified atom stereocenters. The van der Waals surface area contributed by atoms with Crippen molar-refractivity contribution in [2.24, 2.45) is 0 Å². The van der Waals surface area contributed by atoms with E-state index in [2.05, 4.69) is 10.6 Å². The molecule has 1 aliphatic rings. The molecule has 0 saturated carbocycles. The van der Waals surface area contributed by atoms with Crippen LogP contribution in [0.5, 0.6) is 0 Å². The molecule has 0 aromatic heterocycles. The number of nitro benzene ring substituents is 1. The van der Waals surface area contributed by atoms with Crippen LogP contribution >= 0.6 is 0 Å². The summed E-state index contributed by atoms with van der Waals surface area (Å²) in [7, 11) is -4.95. The van der Waals surface area contributed by atoms with Gasteiger partial charge in [0.05, 0.1) is 9.82 Å². The topological polar surface area (TPSA) is 118 Å². The lowest BCUT2D eigenvalue weighted by Gasteiger charge is -2.21. The van der Waals surface area contributed by atoms with Crippen LogP contribution in [0.3, 0.4) is 0 Å². The molecule has 2 aromatic rings. The molecule has 3 rings (SSSR count). The van der Waals surface area contributed by atoms with Gasteiger partial charge in [-0.2, -0.15) is 8.78 Å². The molecule has 1 heterocycles. The lowest BCUT2D eigenvalue weighted by Crippen LogP contribution is -2.19. The van der Waals surface area contributed by atoms with Crippen LogP contribution in [0, 0.1) is 10.1 Å². The largest absolute Gasteiger partial charge is 0.373 e. The van der Waals surface area contributed by atoms with Gasteiger partial charge in [0, 0.05) is 24.2 Å². The smallest absolute Gasteiger partial charge is 0.341 e. The summed E-state index contributed by atoms with van der Waals surface area (Å²) >= 11 is 0. The van der Waals surface area contributed by atoms with Crippen LogP contribution in [0.4, 0.5) is 25.8 Å². The van der Waals surface area contributed by atoms with Crippen molar-refractivity contribution in [2.75, 3.05) is 10.6 Å². The van der Waals surface area contributed by atoms with E-state index in [4.69, 9.17) is 0 Å². The molecule has 0 saturated heterocycles. The number of carbonyl (C=O) groups excluding carboxylic acids is 1. The van der Waals surface area contributed by atoms with Crippen LogP contribution in [-0.2, 0) is 21.1 Å². The van der Waals surface area contributed by atoms with E-state index >= 15 is 0 Å². The van der Waals surface area contributed by atoms with Gasteiger partial charge in [0.15, 0.2) is 0 Å². The van der Waals surface area contributed by atoms with E-state index in [1.54, 1.807) is 19.1 Å². The second-order valence-corrected chi connectivity index (χ2v) is 8.49. The number of hydrogen-bond acceptors (Lipinski definition) is 6. The van der Waals surface area contributed by atoms with Gasteiger partial charge >= 0.3 is 5.76 Å². The fourth-order valence-corrected chi connectivity index (χ4v) is 3.79. The average molecular weight is 425 g/mol. The molecule has 1 amide bonds. The molecule has 0 spiro atoms. The van der Waals surface area contributed by atoms with Crippen LogP contribution in [-0.4, -0.2) is 25.0 Å². The first-order valence-electron chi connectivity index (χ1n) is 8.59. The van der Waals surface area contributed by atoms with E-state index in [1.807, 2.05) is 6.07 Å². The van der Waals surface area contributed by atoms with Gasteiger partial charge < -0.3 is 10.6 Å². The molecule has 2 aromatic carbocycles. The van der Waals surface area contributed by atoms with E-state index in [-0.39, 0.29) is 11.6 Å². The third-order valence-electron chi connectivity index (χ3n) is 4.63. The summed E-state index contributed by atoms with van der Waals surface area (Å²) in [5.74, 6) is -3.73. The number of fused-ring (bicyclic) bond motifs is 1. The van der Waals surface area contributed by atoms with Gasteiger partial charge in [-0.1, -0.05) is 12.1 Å². The van der Waals surface area contributed by atoms with Crippen LogP contribution < -0.4 is 10.6 Å². The number of halogens is 2. The zero-order chi connectivity index (χ0) is 21.3. The van der Waals surface area contributed by atoms with Crippen LogP contribution in [0.15, 0.2) is 41.3 Å². The molecule has 0 fully saturated rings. The fourth-order valence-electron chi connectivity index (χ4n) is 3.05. The highest BCUT2D eigenvalue weighted by Crippen LogP contribution is 2.33. The number of rotatable bonds is 6. The minimum absolute atomic E-state index is 0.00161. The summed E-state index contributed by atoms with van der Waals surface area (Å²) in [6.45, 7) is 1.75. The first-order chi connectivity index (χ1) is 13.6. The normalized spacial score (nSPS) is 14.8. The third kappa shape index (κ3) is 4.19. The van der Waals surface area contributed by atoms with Crippen molar-refractivity contribution in [2.45, 2.75) is 36.5 Å². The number of alkyl halides is 2. The van der Waals surface area contributed by atoms with Gasteiger partial charge in [0.2, 0.25) is 15.7 Å². The second-order valence-electron chi connectivity index (χ2n) is 6.57. The summed E-state index contributed by atoms with van der Waals surface area (Å²) in [6, 6.07) is 7.59. The molecule has 1 atom stereocenters. The van der Waals surface area contributed by atoms with Gasteiger partial charge in [-0.3, -0.25) is 14.9 Å². The highest BCUT2D eigenvalue weighted by molar-refractivity contribution is 7.91. The maximum Gasteiger partial charge on any atom is 0.341 e. The number of nitrogens with zero attached hydrogens (tertiary/aromatic N) is 1. The highest BCUT2D eigenvalue weighted by Gasteiger charge is 2.29. The summed E-state index contributed by atoms with van der Waals surface area (Å²) < 4.78 is 48.6. The lowest BCUT2D eigenvalue weighted by molar-refractivity contribution is -0.384. The van der Waals surface area contributed by atoms with Crippen LogP contribution in [0.1, 0.15) is 30.5 Å². The number of anilines is 2. The number of nitro groups is 1. The number of nitrogens with one attached hydrogen (secondary N) is 2. The highest BCUT2D eigenvalue weighted by atomic mass is 32.2. The Hall–Kier alpha value is -3.08. The van der Waals surface area contributed by atoms with E-state index in [1.165, 1.54) is 0 Å². The lowest BCUT2D eigenvalue weighted by atomic mass is 9.97. The Morgan fingerprint density at radius 2 is 1.90 bits per heavy atom. The maximum atomic E-state index is 12.7. The molecule has 29 heavy (non-hydrogen) atoms. The molecular weight excluding hydrogens is 408 g/mol. The van der Waals surface area contributed by atoms with Crippen molar-refractivity contribution in [3.05, 3.63) is 57.6 Å². The standard InChI is InChI=1S/C18H17F2N3O5S/c1-10(11-2-5-14-12(8-11)3-7-17(24)22-14)21-15-6-4-13(9-16(15)23(25)26)29(27,28)18(19)20/h2,4-6,8-10,18,21H,3,7H2,1H3,(H,22,24). The summed E-state index contributed by atoms with van der Waals surface area (Å²) in [4.78, 5) is 21.2. The van der Waals surface area contributed by atoms with E-state index in [9.17, 15) is 32.1 Å². The predicted molar refractivity (Wildman–Crippen MR) is 102 cm³/mol. The quantitative estimate of drug-likeness (QED) is 0.539. The molecule has 0 aliphatic carbocycles. The van der Waals surface area contributed by atoms with Crippen LogP contribution in [0.25, 0.3) is 0 Å². The summed E-state index contributed by atoms with van der Waals surface area (Å²) in [5.41, 5.74) is 1.82. The molecule has 1 aliphatic heterocycles. The fraction of sp³-hybridized carbons (Fsp3) is 0.278. The number of benzene rings is 2. The number of sulfone groups is 1. The third-order valence-corrected chi connectivity index (χ3v) is 6.01. The van der Waals surface area contributed by atoms with Gasteiger partial charge in [-0.05, 0) is 42.7 Å². The Morgan fingerprint density at radius 1 is 1.17 bits per heavy atom. The molecule has 2 N–H and O–H groups in total. The number of hydrogen-bond donors (Lipinski definition) is 2. The number of carbonyl (C=O) groups is 1. The monoisotopic (exact) mass is 425 g/mol. The maximum absolute atomic E-state index is 12.7. The van der Waals surface area contributed by atoms with Crippen LogP contribution in [0.2, 0.25) is 0 Å². The zero-order valence-corrected chi connectivity index (χ0v) is 16.0. The van der Waals surface area contributed by atoms with Crippen molar-refractivity contribution in [1.29, 1.82) is 0 Å². The van der Waals surface area contributed by atoms with Gasteiger partial charge in [-0.15, -0.1) is 0 Å². The first kappa shape index (κ1) is 20.6. The molecule has 0 radical (unpaired) electrons. The van der Waals surface area contributed by atoms with E-state index in [0.29, 0.717) is 24.6 Å². The van der Waals surface area contributed by atoms with Gasteiger partial charge in [0.25, 0.3) is 5.69 Å². The Labute approximate surface area is 165 Å². The molecule has 8 nitrogen and oxygen atoms in total. The van der Waals surface area contributed by atoms with Crippen molar-refractivity contribution in [3.8, 4) is 0 Å². The summed E-state index contributed by atoms with van der Waals surface area (Å²) in [6.07, 6.45) is 0.936. The number of amides is 1. The Kier molecular flexibility index (Phi) is 5.51. The zero-order valence-electron chi connectivity index (χ0n) is 15.2. The molecule has 154 valence electrons. The first-order valence-corrected chi connectivity index (χ1v) is 10.1. The van der Waals surface area contributed by atoms with Gasteiger partial charge in [0.1, 0.15) is 5.69 Å². The van der Waals surface area contributed by atoms with Crippen molar-refractivity contribution in [3.63, 3.8) is 0 Å². The van der Waals surface area contributed by atoms with E-state index in [0.717, 1.165) is 23.3 Å². The Balaban J connectivity index is 1.89.